The van der Waals surface area contributed by atoms with Gasteiger partial charge in [0.2, 0.25) is 0 Å². The molecule has 1 unspecified atom stereocenters. The van der Waals surface area contributed by atoms with E-state index in [0.717, 1.165) is 37.9 Å². The van der Waals surface area contributed by atoms with Crippen LogP contribution < -0.4 is 5.32 Å². The molecule has 0 fully saturated rings. The highest BCUT2D eigenvalue weighted by atomic mass is 19.1. The van der Waals surface area contributed by atoms with Crippen molar-refractivity contribution in [2.75, 3.05) is 13.1 Å². The Morgan fingerprint density at radius 1 is 1.26 bits per heavy atom. The minimum absolute atomic E-state index is 0.158. The van der Waals surface area contributed by atoms with Gasteiger partial charge in [0.1, 0.15) is 11.6 Å². The molecule has 19 heavy (non-hydrogen) atoms. The third kappa shape index (κ3) is 3.85. The van der Waals surface area contributed by atoms with Crippen LogP contribution in [0.5, 0.6) is 0 Å². The maximum absolute atomic E-state index is 13.4. The number of allylic oxidation sites excluding steroid dienone is 1. The lowest BCUT2D eigenvalue weighted by atomic mass is 10.1. The summed E-state index contributed by atoms with van der Waals surface area (Å²) in [6.45, 7) is 0.879. The molecule has 0 aliphatic heterocycles. The zero-order valence-corrected chi connectivity index (χ0v) is 10.8. The fraction of sp³-hybridized carbons (Fsp3) is 0.467. The van der Waals surface area contributed by atoms with Crippen LogP contribution in [0.15, 0.2) is 29.8 Å². The Bertz CT molecular complexity index is 439. The highest BCUT2D eigenvalue weighted by molar-refractivity contribution is 5.22. The molecule has 0 spiro atoms. The van der Waals surface area contributed by atoms with Gasteiger partial charge in [0.25, 0.3) is 0 Å². The van der Waals surface area contributed by atoms with E-state index in [-0.39, 0.29) is 12.1 Å². The van der Waals surface area contributed by atoms with Crippen molar-refractivity contribution in [1.82, 2.24) is 5.32 Å². The predicted octanol–water partition coefficient (Wildman–Crippen LogP) is 3.09. The number of hydrogen-bond acceptors (Lipinski definition) is 2. The van der Waals surface area contributed by atoms with E-state index in [2.05, 4.69) is 11.4 Å². The fourth-order valence-electron chi connectivity index (χ4n) is 2.38. The number of aliphatic hydroxyl groups is 1. The predicted molar refractivity (Wildman–Crippen MR) is 70.7 cm³/mol. The Kier molecular flexibility index (Phi) is 5.05. The first kappa shape index (κ1) is 14.2. The monoisotopic (exact) mass is 267 g/mol. The van der Waals surface area contributed by atoms with Crippen LogP contribution in [0.4, 0.5) is 8.78 Å². The summed E-state index contributed by atoms with van der Waals surface area (Å²) in [5.41, 5.74) is 1.18. The van der Waals surface area contributed by atoms with Gasteiger partial charge < -0.3 is 10.4 Å². The zero-order valence-electron chi connectivity index (χ0n) is 10.8. The number of aliphatic hydroxyl groups excluding tert-OH is 1. The summed E-state index contributed by atoms with van der Waals surface area (Å²) in [6.07, 6.45) is 5.54. The first-order valence-electron chi connectivity index (χ1n) is 6.69. The Morgan fingerprint density at radius 3 is 2.63 bits per heavy atom. The van der Waals surface area contributed by atoms with Crippen molar-refractivity contribution in [3.63, 3.8) is 0 Å². The molecule has 0 aromatic heterocycles. The van der Waals surface area contributed by atoms with Crippen molar-refractivity contribution in [3.8, 4) is 0 Å². The molecule has 4 heteroatoms. The number of rotatable bonds is 6. The summed E-state index contributed by atoms with van der Waals surface area (Å²) >= 11 is 0. The van der Waals surface area contributed by atoms with E-state index in [1.807, 2.05) is 0 Å². The molecule has 1 atom stereocenters. The van der Waals surface area contributed by atoms with E-state index >= 15 is 0 Å². The molecule has 1 aliphatic carbocycles. The van der Waals surface area contributed by atoms with Gasteiger partial charge in [-0.3, -0.25) is 0 Å². The molecule has 1 aliphatic rings. The molecular formula is C15H19F2NO. The fourth-order valence-corrected chi connectivity index (χ4v) is 2.38. The molecule has 0 saturated carbocycles. The van der Waals surface area contributed by atoms with Gasteiger partial charge in [0.15, 0.2) is 0 Å². The van der Waals surface area contributed by atoms with Crippen molar-refractivity contribution in [2.45, 2.75) is 31.8 Å². The van der Waals surface area contributed by atoms with Crippen molar-refractivity contribution < 1.29 is 13.9 Å². The lowest BCUT2D eigenvalue weighted by Gasteiger charge is -2.14. The molecule has 2 nitrogen and oxygen atoms in total. The van der Waals surface area contributed by atoms with Crippen molar-refractivity contribution in [1.29, 1.82) is 0 Å². The highest BCUT2D eigenvalue weighted by Gasteiger charge is 2.17. The lowest BCUT2D eigenvalue weighted by molar-refractivity contribution is 0.165. The van der Waals surface area contributed by atoms with Crippen LogP contribution in [-0.2, 0) is 0 Å². The first-order chi connectivity index (χ1) is 9.18. The Balaban J connectivity index is 1.79. The van der Waals surface area contributed by atoms with E-state index in [1.165, 1.54) is 18.1 Å². The summed E-state index contributed by atoms with van der Waals surface area (Å²) in [5, 5.41) is 12.9. The van der Waals surface area contributed by atoms with Crippen LogP contribution in [-0.4, -0.2) is 18.2 Å². The minimum atomic E-state index is -1.15. The van der Waals surface area contributed by atoms with Crippen LogP contribution >= 0.6 is 0 Å². The zero-order chi connectivity index (χ0) is 13.7. The van der Waals surface area contributed by atoms with E-state index < -0.39 is 17.7 Å². The van der Waals surface area contributed by atoms with Crippen LogP contribution in [0.3, 0.4) is 0 Å². The summed E-state index contributed by atoms with van der Waals surface area (Å²) in [7, 11) is 0. The van der Waals surface area contributed by atoms with Crippen LogP contribution in [0.1, 0.15) is 37.4 Å². The molecule has 0 heterocycles. The van der Waals surface area contributed by atoms with Gasteiger partial charge in [-0.1, -0.05) is 17.7 Å². The average Bonchev–Trinajstić information content (AvgIpc) is 2.87. The van der Waals surface area contributed by atoms with Gasteiger partial charge in [0, 0.05) is 6.54 Å². The van der Waals surface area contributed by atoms with E-state index in [4.69, 9.17) is 0 Å². The number of hydrogen-bond donors (Lipinski definition) is 2. The van der Waals surface area contributed by atoms with Gasteiger partial charge >= 0.3 is 0 Å². The smallest absolute Gasteiger partial charge is 0.131 e. The molecule has 2 N–H and O–H groups in total. The molecule has 0 amide bonds. The van der Waals surface area contributed by atoms with E-state index in [0.29, 0.717) is 0 Å². The van der Waals surface area contributed by atoms with Crippen LogP contribution in [0, 0.1) is 11.6 Å². The average molecular weight is 267 g/mol. The van der Waals surface area contributed by atoms with Gasteiger partial charge in [-0.25, -0.2) is 8.78 Å². The summed E-state index contributed by atoms with van der Waals surface area (Å²) in [5.74, 6) is -1.40. The number of benzene rings is 1. The van der Waals surface area contributed by atoms with Crippen LogP contribution in [0.25, 0.3) is 0 Å². The Hall–Kier alpha value is -1.26. The summed E-state index contributed by atoms with van der Waals surface area (Å²) < 4.78 is 26.8. The van der Waals surface area contributed by atoms with E-state index in [1.54, 1.807) is 0 Å². The number of nitrogens with one attached hydrogen (secondary N) is 1. The maximum atomic E-state index is 13.4. The maximum Gasteiger partial charge on any atom is 0.131 e. The van der Waals surface area contributed by atoms with Gasteiger partial charge in [-0.15, -0.1) is 0 Å². The quantitative estimate of drug-likeness (QED) is 0.613. The third-order valence-electron chi connectivity index (χ3n) is 3.43. The second-order valence-electron chi connectivity index (χ2n) is 4.86. The molecule has 104 valence electrons. The minimum Gasteiger partial charge on any atom is -0.387 e. The largest absolute Gasteiger partial charge is 0.387 e. The van der Waals surface area contributed by atoms with Crippen molar-refractivity contribution in [3.05, 3.63) is 47.0 Å². The Morgan fingerprint density at radius 2 is 2.00 bits per heavy atom. The first-order valence-corrected chi connectivity index (χ1v) is 6.69. The second kappa shape index (κ2) is 6.78. The number of halogens is 2. The molecule has 0 bridgehead atoms. The van der Waals surface area contributed by atoms with Crippen molar-refractivity contribution >= 4 is 0 Å². The van der Waals surface area contributed by atoms with Crippen LogP contribution in [0.2, 0.25) is 0 Å². The third-order valence-corrected chi connectivity index (χ3v) is 3.43. The summed E-state index contributed by atoms with van der Waals surface area (Å²) in [6, 6.07) is 3.61. The molecule has 0 radical (unpaired) electrons. The molecule has 0 saturated heterocycles. The molecule has 2 rings (SSSR count). The van der Waals surface area contributed by atoms with Gasteiger partial charge in [-0.2, -0.15) is 0 Å². The normalized spacial score (nSPS) is 16.5. The SMILES string of the molecule is OC(CNCCC1=CCCC1)c1c(F)cccc1F. The van der Waals surface area contributed by atoms with Crippen molar-refractivity contribution in [2.24, 2.45) is 0 Å². The summed E-state index contributed by atoms with van der Waals surface area (Å²) in [4.78, 5) is 0. The Labute approximate surface area is 112 Å². The highest BCUT2D eigenvalue weighted by Crippen LogP contribution is 2.21. The topological polar surface area (TPSA) is 32.3 Å². The molecule has 1 aromatic rings. The molecular weight excluding hydrogens is 248 g/mol. The van der Waals surface area contributed by atoms with Gasteiger partial charge in [0.05, 0.1) is 11.7 Å². The second-order valence-corrected chi connectivity index (χ2v) is 4.86. The standard InChI is InChI=1S/C15H19F2NO/c16-12-6-3-7-13(17)15(12)14(19)10-18-9-8-11-4-1-2-5-11/h3-4,6-7,14,18-19H,1-2,5,8-10H2. The molecule has 1 aromatic carbocycles. The van der Waals surface area contributed by atoms with E-state index in [9.17, 15) is 13.9 Å². The lowest BCUT2D eigenvalue weighted by Crippen LogP contribution is -2.24. The van der Waals surface area contributed by atoms with Gasteiger partial charge in [-0.05, 0) is 44.4 Å².